The molecule has 0 aliphatic heterocycles. The number of nitrogen functional groups attached to an aromatic ring is 1. The second-order valence-corrected chi connectivity index (χ2v) is 7.06. The first-order chi connectivity index (χ1) is 13.5. The molecule has 1 unspecified atom stereocenters. The lowest BCUT2D eigenvalue weighted by Gasteiger charge is -2.23. The molecule has 0 fully saturated rings. The molecule has 0 amide bonds. The Morgan fingerprint density at radius 2 is 1.79 bits per heavy atom. The molecule has 4 N–H and O–H groups in total. The van der Waals surface area contributed by atoms with E-state index in [-0.39, 0.29) is 5.75 Å². The molecule has 0 bridgehead atoms. The lowest BCUT2D eigenvalue weighted by Crippen LogP contribution is -2.14. The van der Waals surface area contributed by atoms with E-state index >= 15 is 0 Å². The molecule has 7 heteroatoms. The fraction of sp³-hybridized carbons (Fsp3) is 0.0476. The highest BCUT2D eigenvalue weighted by molar-refractivity contribution is 6.42. The maximum atomic E-state index is 11.0. The van der Waals surface area contributed by atoms with Gasteiger partial charge in [-0.1, -0.05) is 53.5 Å². The third kappa shape index (κ3) is 3.42. The standard InChI is InChI=1S/C21H16Cl2N4O/c22-16-5-1-4-14(18(16)23)20(27-17-11-13(24)8-10-25-17)15-7-6-12-3-2-9-26-19(12)21(15)28/h1-11,20,28H,(H3,24,25,27). The third-order valence-electron chi connectivity index (χ3n) is 4.46. The van der Waals surface area contributed by atoms with Crippen molar-refractivity contribution in [1.82, 2.24) is 9.97 Å². The van der Waals surface area contributed by atoms with Crippen LogP contribution in [0.4, 0.5) is 11.5 Å². The van der Waals surface area contributed by atoms with Gasteiger partial charge in [-0.3, -0.25) is 4.98 Å². The summed E-state index contributed by atoms with van der Waals surface area (Å²) in [5.74, 6) is 0.608. The average molecular weight is 411 g/mol. The smallest absolute Gasteiger partial charge is 0.147 e. The molecule has 2 aromatic heterocycles. The van der Waals surface area contributed by atoms with E-state index in [1.807, 2.05) is 30.3 Å². The van der Waals surface area contributed by atoms with Crippen LogP contribution in [0.3, 0.4) is 0 Å². The van der Waals surface area contributed by atoms with Gasteiger partial charge in [-0.25, -0.2) is 4.98 Å². The maximum absolute atomic E-state index is 11.0. The number of nitrogens with two attached hydrogens (primary N) is 1. The Kier molecular flexibility index (Phi) is 4.94. The molecule has 0 saturated carbocycles. The predicted octanol–water partition coefficient (Wildman–Crippen LogP) is 5.43. The van der Waals surface area contributed by atoms with Crippen LogP contribution in [0, 0.1) is 0 Å². The van der Waals surface area contributed by atoms with Crippen molar-refractivity contribution < 1.29 is 5.11 Å². The molecule has 2 aromatic carbocycles. The lowest BCUT2D eigenvalue weighted by molar-refractivity contribution is 0.471. The summed E-state index contributed by atoms with van der Waals surface area (Å²) in [6, 6.07) is 15.7. The number of fused-ring (bicyclic) bond motifs is 1. The fourth-order valence-corrected chi connectivity index (χ4v) is 3.54. The Bertz CT molecular complexity index is 1170. The molecule has 0 aliphatic rings. The molecule has 4 rings (SSSR count). The number of pyridine rings is 2. The number of aromatic nitrogens is 2. The number of benzene rings is 2. The number of anilines is 2. The Morgan fingerprint density at radius 3 is 2.61 bits per heavy atom. The van der Waals surface area contributed by atoms with Crippen molar-refractivity contribution in [2.24, 2.45) is 0 Å². The number of phenolic OH excluding ortho intramolecular Hbond substituents is 1. The summed E-state index contributed by atoms with van der Waals surface area (Å²) in [6.07, 6.45) is 3.25. The molecule has 0 saturated heterocycles. The zero-order valence-electron chi connectivity index (χ0n) is 14.6. The number of hydrogen-bond acceptors (Lipinski definition) is 5. The zero-order chi connectivity index (χ0) is 19.7. The highest BCUT2D eigenvalue weighted by atomic mass is 35.5. The second kappa shape index (κ2) is 7.54. The van der Waals surface area contributed by atoms with Crippen LogP contribution >= 0.6 is 23.2 Å². The van der Waals surface area contributed by atoms with Gasteiger partial charge in [0.05, 0.1) is 16.1 Å². The van der Waals surface area contributed by atoms with E-state index in [2.05, 4.69) is 15.3 Å². The summed E-state index contributed by atoms with van der Waals surface area (Å²) >= 11 is 12.7. The Labute approximate surface area is 171 Å². The van der Waals surface area contributed by atoms with Crippen molar-refractivity contribution in [2.45, 2.75) is 6.04 Å². The first-order valence-corrected chi connectivity index (χ1v) is 9.29. The molecule has 0 radical (unpaired) electrons. The minimum atomic E-state index is -0.521. The van der Waals surface area contributed by atoms with Crippen LogP contribution in [0.2, 0.25) is 10.0 Å². The normalized spacial score (nSPS) is 12.1. The fourth-order valence-electron chi connectivity index (χ4n) is 3.12. The number of rotatable bonds is 4. The number of hydrogen-bond donors (Lipinski definition) is 3. The van der Waals surface area contributed by atoms with Crippen molar-refractivity contribution in [1.29, 1.82) is 0 Å². The SMILES string of the molecule is Nc1ccnc(NC(c2cccc(Cl)c2Cl)c2ccc3cccnc3c2O)c1. The van der Waals surface area contributed by atoms with Crippen LogP contribution in [-0.4, -0.2) is 15.1 Å². The molecular weight excluding hydrogens is 395 g/mol. The monoisotopic (exact) mass is 410 g/mol. The van der Waals surface area contributed by atoms with Crippen LogP contribution in [0.15, 0.2) is 67.0 Å². The summed E-state index contributed by atoms with van der Waals surface area (Å²) < 4.78 is 0. The number of nitrogens with zero attached hydrogens (tertiary/aromatic N) is 2. The van der Waals surface area contributed by atoms with Gasteiger partial charge in [0, 0.05) is 35.1 Å². The van der Waals surface area contributed by atoms with E-state index in [9.17, 15) is 5.11 Å². The first kappa shape index (κ1) is 18.3. The van der Waals surface area contributed by atoms with E-state index in [1.165, 1.54) is 0 Å². The van der Waals surface area contributed by atoms with E-state index in [0.29, 0.717) is 38.2 Å². The van der Waals surface area contributed by atoms with Crippen LogP contribution in [0.1, 0.15) is 17.2 Å². The van der Waals surface area contributed by atoms with Gasteiger partial charge in [0.25, 0.3) is 0 Å². The number of nitrogens with one attached hydrogen (secondary N) is 1. The predicted molar refractivity (Wildman–Crippen MR) is 114 cm³/mol. The molecule has 0 spiro atoms. The Balaban J connectivity index is 1.90. The van der Waals surface area contributed by atoms with E-state index in [0.717, 1.165) is 5.39 Å². The summed E-state index contributed by atoms with van der Waals surface area (Å²) in [5.41, 5.74) is 8.25. The molecule has 28 heavy (non-hydrogen) atoms. The number of phenols is 1. The van der Waals surface area contributed by atoms with Crippen LogP contribution in [0.5, 0.6) is 5.75 Å². The molecule has 0 aliphatic carbocycles. The van der Waals surface area contributed by atoms with Gasteiger partial charge in [0.15, 0.2) is 0 Å². The van der Waals surface area contributed by atoms with Gasteiger partial charge in [0.1, 0.15) is 17.1 Å². The molecule has 1 atom stereocenters. The first-order valence-electron chi connectivity index (χ1n) is 8.53. The van der Waals surface area contributed by atoms with Crippen molar-refractivity contribution in [3.63, 3.8) is 0 Å². The minimum Gasteiger partial charge on any atom is -0.505 e. The van der Waals surface area contributed by atoms with Gasteiger partial charge >= 0.3 is 0 Å². The van der Waals surface area contributed by atoms with Crippen LogP contribution in [-0.2, 0) is 0 Å². The van der Waals surface area contributed by atoms with Gasteiger partial charge in [-0.2, -0.15) is 0 Å². The molecule has 5 nitrogen and oxygen atoms in total. The van der Waals surface area contributed by atoms with Gasteiger partial charge < -0.3 is 16.2 Å². The molecule has 2 heterocycles. The van der Waals surface area contributed by atoms with Gasteiger partial charge in [-0.15, -0.1) is 0 Å². The van der Waals surface area contributed by atoms with Crippen molar-refractivity contribution >= 4 is 45.6 Å². The summed E-state index contributed by atoms with van der Waals surface area (Å²) in [6.45, 7) is 0. The molecule has 140 valence electrons. The number of halogens is 2. The van der Waals surface area contributed by atoms with Crippen molar-refractivity contribution in [3.05, 3.63) is 88.2 Å². The maximum Gasteiger partial charge on any atom is 0.147 e. The third-order valence-corrected chi connectivity index (χ3v) is 5.29. The molecular formula is C21H16Cl2N4O. The topological polar surface area (TPSA) is 84.1 Å². The van der Waals surface area contributed by atoms with Crippen molar-refractivity contribution in [2.75, 3.05) is 11.1 Å². The van der Waals surface area contributed by atoms with Gasteiger partial charge in [0.2, 0.25) is 0 Å². The summed E-state index contributed by atoms with van der Waals surface area (Å²) in [7, 11) is 0. The van der Waals surface area contributed by atoms with Gasteiger partial charge in [-0.05, 0) is 23.8 Å². The summed E-state index contributed by atoms with van der Waals surface area (Å²) in [5, 5.41) is 15.9. The summed E-state index contributed by atoms with van der Waals surface area (Å²) in [4.78, 5) is 8.62. The number of aromatic hydroxyl groups is 1. The van der Waals surface area contributed by atoms with Crippen LogP contribution in [0.25, 0.3) is 10.9 Å². The highest BCUT2D eigenvalue weighted by Gasteiger charge is 2.23. The highest BCUT2D eigenvalue weighted by Crippen LogP contribution is 2.40. The second-order valence-electron chi connectivity index (χ2n) is 6.27. The Hall–Kier alpha value is -3.02. The quantitative estimate of drug-likeness (QED) is 0.417. The zero-order valence-corrected chi connectivity index (χ0v) is 16.1. The lowest BCUT2D eigenvalue weighted by atomic mass is 9.96. The van der Waals surface area contributed by atoms with E-state index < -0.39 is 6.04 Å². The van der Waals surface area contributed by atoms with E-state index in [4.69, 9.17) is 28.9 Å². The Morgan fingerprint density at radius 1 is 0.929 bits per heavy atom. The largest absolute Gasteiger partial charge is 0.505 e. The van der Waals surface area contributed by atoms with E-state index in [1.54, 1.807) is 36.7 Å². The minimum absolute atomic E-state index is 0.0653. The average Bonchev–Trinajstić information content (AvgIpc) is 2.69. The molecule has 4 aromatic rings. The van der Waals surface area contributed by atoms with Crippen molar-refractivity contribution in [3.8, 4) is 5.75 Å². The van der Waals surface area contributed by atoms with Crippen LogP contribution < -0.4 is 11.1 Å².